The van der Waals surface area contributed by atoms with Crippen LogP contribution < -0.4 is 0 Å². The van der Waals surface area contributed by atoms with E-state index in [2.05, 4.69) is 4.52 Å². The van der Waals surface area contributed by atoms with Crippen LogP contribution in [0.3, 0.4) is 0 Å². The first-order valence-electron chi connectivity index (χ1n) is 3.93. The highest BCUT2D eigenvalue weighted by molar-refractivity contribution is 7.54. The van der Waals surface area contributed by atoms with E-state index in [1.807, 2.05) is 0 Å². The maximum atomic E-state index is 11.3. The molecule has 0 aromatic rings. The van der Waals surface area contributed by atoms with Gasteiger partial charge in [-0.15, -0.1) is 0 Å². The lowest BCUT2D eigenvalue weighted by Gasteiger charge is -2.14. The van der Waals surface area contributed by atoms with Gasteiger partial charge in [0.2, 0.25) is 0 Å². The molecule has 2 atom stereocenters. The van der Waals surface area contributed by atoms with Crippen molar-refractivity contribution in [1.29, 1.82) is 0 Å². The molecule has 8 heteroatoms. The van der Waals surface area contributed by atoms with E-state index in [9.17, 15) is 19.0 Å². The summed E-state index contributed by atoms with van der Waals surface area (Å²) in [6.07, 6.45) is -0.497. The van der Waals surface area contributed by atoms with Crippen LogP contribution in [0.1, 0.15) is 13.3 Å². The molecule has 1 saturated heterocycles. The summed E-state index contributed by atoms with van der Waals surface area (Å²) in [6, 6.07) is 0. The number of carbonyl (C=O) groups is 2. The summed E-state index contributed by atoms with van der Waals surface area (Å²) >= 11 is 0. The molecule has 1 rings (SSSR count). The average molecular weight is 223 g/mol. The highest BCUT2D eigenvalue weighted by Gasteiger charge is 2.49. The standard InChI is InChI=1S/C6H10NO6P/c1-2-13-14(11,12)4-3-5(8)7(10)6(4)9/h4,10H,2-3H2,1H3,(H,11,12). The maximum absolute atomic E-state index is 11.3. The third-order valence-electron chi connectivity index (χ3n) is 1.81. The zero-order chi connectivity index (χ0) is 10.9. The van der Waals surface area contributed by atoms with E-state index in [1.54, 1.807) is 0 Å². The van der Waals surface area contributed by atoms with E-state index in [0.29, 0.717) is 0 Å². The van der Waals surface area contributed by atoms with Gasteiger partial charge in [0, 0.05) is 0 Å². The van der Waals surface area contributed by atoms with Gasteiger partial charge in [-0.05, 0) is 6.92 Å². The summed E-state index contributed by atoms with van der Waals surface area (Å²) in [7, 11) is -4.14. The van der Waals surface area contributed by atoms with E-state index in [4.69, 9.17) is 5.21 Å². The molecule has 2 amide bonds. The van der Waals surface area contributed by atoms with Crippen molar-refractivity contribution in [3.63, 3.8) is 0 Å². The lowest BCUT2D eigenvalue weighted by Crippen LogP contribution is -2.28. The summed E-state index contributed by atoms with van der Waals surface area (Å²) in [4.78, 5) is 31.1. The molecule has 2 unspecified atom stereocenters. The lowest BCUT2D eigenvalue weighted by atomic mass is 10.4. The predicted octanol–water partition coefficient (Wildman–Crippen LogP) is -0.275. The summed E-state index contributed by atoms with van der Waals surface area (Å²) < 4.78 is 15.8. The van der Waals surface area contributed by atoms with Crippen LogP contribution in [-0.2, 0) is 18.7 Å². The largest absolute Gasteiger partial charge is 0.341 e. The van der Waals surface area contributed by atoms with Crippen LogP contribution in [0.4, 0.5) is 0 Å². The van der Waals surface area contributed by atoms with Crippen LogP contribution in [0.2, 0.25) is 0 Å². The summed E-state index contributed by atoms with van der Waals surface area (Å²) in [5.41, 5.74) is -1.47. The van der Waals surface area contributed by atoms with Crippen molar-refractivity contribution in [2.75, 3.05) is 6.61 Å². The molecule has 1 fully saturated rings. The minimum absolute atomic E-state index is 0.0445. The van der Waals surface area contributed by atoms with Crippen molar-refractivity contribution in [2.45, 2.75) is 19.0 Å². The van der Waals surface area contributed by atoms with Crippen LogP contribution in [0.5, 0.6) is 0 Å². The SMILES string of the molecule is CCOP(=O)(O)C1CC(=O)N(O)C1=O. The van der Waals surface area contributed by atoms with Gasteiger partial charge in [-0.25, -0.2) is 0 Å². The first-order valence-corrected chi connectivity index (χ1v) is 5.57. The van der Waals surface area contributed by atoms with Gasteiger partial charge in [-0.2, -0.15) is 5.06 Å². The van der Waals surface area contributed by atoms with Gasteiger partial charge in [-0.1, -0.05) is 0 Å². The molecule has 0 spiro atoms. The van der Waals surface area contributed by atoms with Crippen molar-refractivity contribution < 1.29 is 28.8 Å². The second-order valence-electron chi connectivity index (χ2n) is 2.75. The van der Waals surface area contributed by atoms with Crippen molar-refractivity contribution in [1.82, 2.24) is 5.06 Å². The fraction of sp³-hybridized carbons (Fsp3) is 0.667. The van der Waals surface area contributed by atoms with E-state index in [0.717, 1.165) is 0 Å². The molecule has 0 saturated carbocycles. The van der Waals surface area contributed by atoms with Gasteiger partial charge < -0.3 is 9.42 Å². The van der Waals surface area contributed by atoms with Crippen LogP contribution in [-0.4, -0.2) is 39.2 Å². The summed E-state index contributed by atoms with van der Waals surface area (Å²) in [5.74, 6) is -1.98. The molecule has 1 heterocycles. The Hall–Kier alpha value is -0.750. The topological polar surface area (TPSA) is 104 Å². The number of hydrogen-bond donors (Lipinski definition) is 2. The molecule has 0 bridgehead atoms. The van der Waals surface area contributed by atoms with Gasteiger partial charge in [0.15, 0.2) is 5.66 Å². The zero-order valence-corrected chi connectivity index (χ0v) is 8.31. The van der Waals surface area contributed by atoms with Crippen LogP contribution in [0, 0.1) is 0 Å². The van der Waals surface area contributed by atoms with Gasteiger partial charge in [0.05, 0.1) is 13.0 Å². The summed E-state index contributed by atoms with van der Waals surface area (Å²) in [6.45, 7) is 1.44. The smallest absolute Gasteiger partial charge is 0.324 e. The number of hydrogen-bond acceptors (Lipinski definition) is 5. The molecule has 0 aromatic carbocycles. The molecule has 2 N–H and O–H groups in total. The van der Waals surface area contributed by atoms with E-state index < -0.39 is 31.5 Å². The van der Waals surface area contributed by atoms with Crippen LogP contribution in [0.15, 0.2) is 0 Å². The Labute approximate surface area is 79.8 Å². The zero-order valence-electron chi connectivity index (χ0n) is 7.41. The van der Waals surface area contributed by atoms with Gasteiger partial charge in [0.1, 0.15) is 0 Å². The maximum Gasteiger partial charge on any atom is 0.341 e. The molecule has 1 aliphatic rings. The molecule has 0 aliphatic carbocycles. The van der Waals surface area contributed by atoms with E-state index in [1.165, 1.54) is 6.92 Å². The Morgan fingerprint density at radius 2 is 2.21 bits per heavy atom. The number of amides is 2. The normalized spacial score (nSPS) is 26.8. The Balaban J connectivity index is 2.86. The third kappa shape index (κ3) is 1.85. The van der Waals surface area contributed by atoms with Crippen molar-refractivity contribution in [2.24, 2.45) is 0 Å². The fourth-order valence-electron chi connectivity index (χ4n) is 1.13. The number of carbonyl (C=O) groups excluding carboxylic acids is 2. The fourth-order valence-corrected chi connectivity index (χ4v) is 2.46. The molecule has 1 aliphatic heterocycles. The quantitative estimate of drug-likeness (QED) is 0.387. The molecule has 7 nitrogen and oxygen atoms in total. The minimum atomic E-state index is -4.14. The predicted molar refractivity (Wildman–Crippen MR) is 43.5 cm³/mol. The molecule has 80 valence electrons. The van der Waals surface area contributed by atoms with Crippen LogP contribution in [0.25, 0.3) is 0 Å². The Morgan fingerprint density at radius 1 is 1.64 bits per heavy atom. The molecular weight excluding hydrogens is 213 g/mol. The first-order chi connectivity index (χ1) is 6.40. The van der Waals surface area contributed by atoms with Gasteiger partial charge in [-0.3, -0.25) is 19.4 Å². The third-order valence-corrected chi connectivity index (χ3v) is 3.63. The highest BCUT2D eigenvalue weighted by Crippen LogP contribution is 2.51. The van der Waals surface area contributed by atoms with Gasteiger partial charge >= 0.3 is 7.60 Å². The molecule has 0 radical (unpaired) electrons. The molecular formula is C6H10NO6P. The minimum Gasteiger partial charge on any atom is -0.324 e. The second-order valence-corrected chi connectivity index (χ2v) is 4.76. The average Bonchev–Trinajstić information content (AvgIpc) is 2.33. The molecule has 14 heavy (non-hydrogen) atoms. The number of rotatable bonds is 3. The number of hydroxylamine groups is 2. The summed E-state index contributed by atoms with van der Waals surface area (Å²) in [5, 5.41) is 8.67. The van der Waals surface area contributed by atoms with E-state index >= 15 is 0 Å². The van der Waals surface area contributed by atoms with Crippen LogP contribution >= 0.6 is 7.60 Å². The Kier molecular flexibility index (Phi) is 3.06. The first kappa shape index (κ1) is 11.3. The monoisotopic (exact) mass is 223 g/mol. The van der Waals surface area contributed by atoms with E-state index in [-0.39, 0.29) is 11.7 Å². The molecule has 0 aromatic heterocycles. The lowest BCUT2D eigenvalue weighted by molar-refractivity contribution is -0.171. The Bertz CT molecular complexity index is 315. The van der Waals surface area contributed by atoms with Crippen molar-refractivity contribution in [3.8, 4) is 0 Å². The van der Waals surface area contributed by atoms with Crippen molar-refractivity contribution >= 4 is 19.4 Å². The number of imide groups is 1. The second kappa shape index (κ2) is 3.78. The highest BCUT2D eigenvalue weighted by atomic mass is 31.2. The van der Waals surface area contributed by atoms with Crippen molar-refractivity contribution in [3.05, 3.63) is 0 Å². The van der Waals surface area contributed by atoms with Gasteiger partial charge in [0.25, 0.3) is 11.8 Å². The number of nitrogens with zero attached hydrogens (tertiary/aromatic N) is 1. The Morgan fingerprint density at radius 3 is 2.57 bits per heavy atom.